The van der Waals surface area contributed by atoms with Gasteiger partial charge in [0.25, 0.3) is 0 Å². The third-order valence-electron chi connectivity index (χ3n) is 2.10. The smallest absolute Gasteiger partial charge is 0.198 e. The first-order valence-corrected chi connectivity index (χ1v) is 4.14. The van der Waals surface area contributed by atoms with Gasteiger partial charge in [0.05, 0.1) is 5.56 Å². The van der Waals surface area contributed by atoms with E-state index in [4.69, 9.17) is 4.74 Å². The fraction of sp³-hybridized carbons (Fsp3) is 0.300. The van der Waals surface area contributed by atoms with Crippen LogP contribution in [0.2, 0.25) is 0 Å². The molecule has 0 aromatic heterocycles. The Kier molecular flexibility index (Phi) is 1.81. The Morgan fingerprint density at radius 2 is 2.31 bits per heavy atom. The first-order chi connectivity index (χ1) is 6.18. The summed E-state index contributed by atoms with van der Waals surface area (Å²) in [5.74, 6) is 0.325. The van der Waals surface area contributed by atoms with Crippen molar-refractivity contribution in [3.63, 3.8) is 0 Å². The van der Waals surface area contributed by atoms with E-state index in [1.54, 1.807) is 12.1 Å². The van der Waals surface area contributed by atoms with Gasteiger partial charge in [-0.3, -0.25) is 4.79 Å². The minimum absolute atomic E-state index is 0.0644. The molecule has 0 saturated carbocycles. The van der Waals surface area contributed by atoms with E-state index < -0.39 is 6.10 Å². The quantitative estimate of drug-likeness (QED) is 0.642. The SMILES string of the molecule is Cc1ccc2c(c1)C(=O)C(O)CO2. The van der Waals surface area contributed by atoms with E-state index in [9.17, 15) is 9.90 Å². The Bertz CT molecular complexity index is 357. The van der Waals surface area contributed by atoms with Gasteiger partial charge in [-0.2, -0.15) is 0 Å². The highest BCUT2D eigenvalue weighted by atomic mass is 16.5. The van der Waals surface area contributed by atoms with Gasteiger partial charge in [0.2, 0.25) is 0 Å². The third-order valence-corrected chi connectivity index (χ3v) is 2.10. The molecule has 0 radical (unpaired) electrons. The number of carbonyl (C=O) groups excluding carboxylic acids is 1. The van der Waals surface area contributed by atoms with E-state index in [0.29, 0.717) is 11.3 Å². The predicted octanol–water partition coefficient (Wildman–Crippen LogP) is 0.931. The first-order valence-electron chi connectivity index (χ1n) is 4.14. The third kappa shape index (κ3) is 1.31. The lowest BCUT2D eigenvalue weighted by Crippen LogP contribution is -2.32. The minimum atomic E-state index is -1.01. The Balaban J connectivity index is 2.51. The molecule has 3 nitrogen and oxygen atoms in total. The van der Waals surface area contributed by atoms with Crippen LogP contribution in [-0.4, -0.2) is 23.6 Å². The Morgan fingerprint density at radius 3 is 3.08 bits per heavy atom. The molecule has 1 unspecified atom stereocenters. The fourth-order valence-electron chi connectivity index (χ4n) is 1.39. The Morgan fingerprint density at radius 1 is 1.54 bits per heavy atom. The average molecular weight is 178 g/mol. The van der Waals surface area contributed by atoms with E-state index in [2.05, 4.69) is 0 Å². The lowest BCUT2D eigenvalue weighted by Gasteiger charge is -2.20. The second-order valence-corrected chi connectivity index (χ2v) is 3.19. The molecule has 1 atom stereocenters. The topological polar surface area (TPSA) is 46.5 Å². The Hall–Kier alpha value is -1.35. The number of aryl methyl sites for hydroxylation is 1. The van der Waals surface area contributed by atoms with Gasteiger partial charge >= 0.3 is 0 Å². The average Bonchev–Trinajstić information content (AvgIpc) is 2.12. The number of Topliss-reactive ketones (excluding diaryl/α,β-unsaturated/α-hetero) is 1. The standard InChI is InChI=1S/C10H10O3/c1-6-2-3-9-7(4-6)10(12)8(11)5-13-9/h2-4,8,11H,5H2,1H3. The van der Waals surface area contributed by atoms with Crippen molar-refractivity contribution < 1.29 is 14.6 Å². The highest BCUT2D eigenvalue weighted by molar-refractivity contribution is 6.02. The monoisotopic (exact) mass is 178 g/mol. The second-order valence-electron chi connectivity index (χ2n) is 3.19. The lowest BCUT2D eigenvalue weighted by molar-refractivity contribution is 0.0558. The molecule has 13 heavy (non-hydrogen) atoms. The van der Waals surface area contributed by atoms with E-state index >= 15 is 0 Å². The second kappa shape index (κ2) is 2.85. The number of ether oxygens (including phenoxy) is 1. The van der Waals surface area contributed by atoms with Crippen molar-refractivity contribution in [1.29, 1.82) is 0 Å². The van der Waals surface area contributed by atoms with Crippen molar-refractivity contribution in [2.75, 3.05) is 6.61 Å². The van der Waals surface area contributed by atoms with Crippen molar-refractivity contribution in [2.45, 2.75) is 13.0 Å². The highest BCUT2D eigenvalue weighted by Crippen LogP contribution is 2.25. The lowest BCUT2D eigenvalue weighted by atomic mass is 10.0. The minimum Gasteiger partial charge on any atom is -0.490 e. The molecular formula is C10H10O3. The number of ketones is 1. The summed E-state index contributed by atoms with van der Waals surface area (Å²) < 4.78 is 5.19. The van der Waals surface area contributed by atoms with Gasteiger partial charge in [-0.15, -0.1) is 0 Å². The van der Waals surface area contributed by atoms with Crippen LogP contribution in [0.15, 0.2) is 18.2 Å². The molecule has 3 heteroatoms. The number of benzene rings is 1. The van der Waals surface area contributed by atoms with Crippen LogP contribution in [0.5, 0.6) is 5.75 Å². The summed E-state index contributed by atoms with van der Waals surface area (Å²) in [6, 6.07) is 5.37. The zero-order chi connectivity index (χ0) is 9.42. The van der Waals surface area contributed by atoms with Crippen LogP contribution < -0.4 is 4.74 Å². The highest BCUT2D eigenvalue weighted by Gasteiger charge is 2.26. The molecule has 0 spiro atoms. The molecule has 1 aromatic carbocycles. The van der Waals surface area contributed by atoms with Crippen molar-refractivity contribution in [3.8, 4) is 5.75 Å². The molecule has 0 saturated heterocycles. The molecule has 2 rings (SSSR count). The maximum Gasteiger partial charge on any atom is 0.198 e. The van der Waals surface area contributed by atoms with Gasteiger partial charge in [0.1, 0.15) is 12.4 Å². The number of hydrogen-bond donors (Lipinski definition) is 1. The molecule has 0 bridgehead atoms. The summed E-state index contributed by atoms with van der Waals surface area (Å²) in [4.78, 5) is 11.4. The zero-order valence-electron chi connectivity index (χ0n) is 7.28. The number of rotatable bonds is 0. The maximum atomic E-state index is 11.4. The molecule has 1 heterocycles. The van der Waals surface area contributed by atoms with Crippen molar-refractivity contribution in [1.82, 2.24) is 0 Å². The molecule has 1 N–H and O–H groups in total. The number of fused-ring (bicyclic) bond motifs is 1. The van der Waals surface area contributed by atoms with Gasteiger partial charge < -0.3 is 9.84 Å². The van der Waals surface area contributed by atoms with Crippen molar-refractivity contribution in [3.05, 3.63) is 29.3 Å². The molecule has 0 amide bonds. The first kappa shape index (κ1) is 8.26. The Labute approximate surface area is 76.0 Å². The van der Waals surface area contributed by atoms with Crippen molar-refractivity contribution >= 4 is 5.78 Å². The van der Waals surface area contributed by atoms with Crippen LogP contribution >= 0.6 is 0 Å². The molecule has 1 aliphatic rings. The summed E-state index contributed by atoms with van der Waals surface area (Å²) in [5.41, 5.74) is 1.48. The predicted molar refractivity (Wildman–Crippen MR) is 47.0 cm³/mol. The molecule has 0 aliphatic carbocycles. The normalized spacial score (nSPS) is 20.8. The number of hydrogen-bond acceptors (Lipinski definition) is 3. The van der Waals surface area contributed by atoms with E-state index in [1.165, 1.54) is 0 Å². The molecule has 1 aromatic rings. The van der Waals surface area contributed by atoms with Crippen LogP contribution in [0.1, 0.15) is 15.9 Å². The van der Waals surface area contributed by atoms with Crippen LogP contribution in [0, 0.1) is 6.92 Å². The molecule has 0 fully saturated rings. The summed E-state index contributed by atoms with van der Waals surface area (Å²) in [7, 11) is 0. The molecule has 1 aliphatic heterocycles. The van der Waals surface area contributed by atoms with Gasteiger partial charge in [0.15, 0.2) is 11.9 Å². The maximum absolute atomic E-state index is 11.4. The van der Waals surface area contributed by atoms with Crippen molar-refractivity contribution in [2.24, 2.45) is 0 Å². The number of aliphatic hydroxyl groups excluding tert-OH is 1. The zero-order valence-corrected chi connectivity index (χ0v) is 7.28. The number of aliphatic hydroxyl groups is 1. The summed E-state index contributed by atoms with van der Waals surface area (Å²) in [5, 5.41) is 9.24. The fourth-order valence-corrected chi connectivity index (χ4v) is 1.39. The van der Waals surface area contributed by atoms with E-state index in [0.717, 1.165) is 5.56 Å². The largest absolute Gasteiger partial charge is 0.490 e. The van der Waals surface area contributed by atoms with E-state index in [1.807, 2.05) is 13.0 Å². The summed E-state index contributed by atoms with van der Waals surface area (Å²) in [6.07, 6.45) is -1.01. The molecule has 68 valence electrons. The van der Waals surface area contributed by atoms with Gasteiger partial charge in [-0.1, -0.05) is 11.6 Å². The van der Waals surface area contributed by atoms with Crippen LogP contribution in [-0.2, 0) is 0 Å². The van der Waals surface area contributed by atoms with Crippen LogP contribution in [0.4, 0.5) is 0 Å². The number of carbonyl (C=O) groups is 1. The van der Waals surface area contributed by atoms with Crippen LogP contribution in [0.25, 0.3) is 0 Å². The van der Waals surface area contributed by atoms with Gasteiger partial charge in [0, 0.05) is 0 Å². The van der Waals surface area contributed by atoms with E-state index in [-0.39, 0.29) is 12.4 Å². The van der Waals surface area contributed by atoms with Gasteiger partial charge in [-0.05, 0) is 19.1 Å². The summed E-state index contributed by atoms with van der Waals surface area (Å²) in [6.45, 7) is 1.96. The van der Waals surface area contributed by atoms with Gasteiger partial charge in [-0.25, -0.2) is 0 Å². The van der Waals surface area contributed by atoms with Crippen LogP contribution in [0.3, 0.4) is 0 Å². The summed E-state index contributed by atoms with van der Waals surface area (Å²) >= 11 is 0. The molecular weight excluding hydrogens is 168 g/mol.